The van der Waals surface area contributed by atoms with Crippen LogP contribution in [0.2, 0.25) is 0 Å². The lowest BCUT2D eigenvalue weighted by molar-refractivity contribution is -0.126. The third-order valence-electron chi connectivity index (χ3n) is 4.28. The Morgan fingerprint density at radius 1 is 1.23 bits per heavy atom. The first kappa shape index (κ1) is 18.9. The van der Waals surface area contributed by atoms with Crippen LogP contribution in [0.4, 0.5) is 4.39 Å². The van der Waals surface area contributed by atoms with Crippen LogP contribution in [-0.4, -0.2) is 25.5 Å². The zero-order chi connectivity index (χ0) is 15.1. The average molecular weight is 329 g/mol. The van der Waals surface area contributed by atoms with E-state index in [1.165, 1.54) is 12.1 Å². The van der Waals surface area contributed by atoms with Crippen molar-refractivity contribution < 1.29 is 9.18 Å². The summed E-state index contributed by atoms with van der Waals surface area (Å²) in [6, 6.07) is 6.52. The smallest absolute Gasteiger partial charge is 0.230 e. The molecule has 2 N–H and O–H groups in total. The Hall–Kier alpha value is -1.13. The minimum absolute atomic E-state index is 0. The maximum absolute atomic E-state index is 13.5. The van der Waals surface area contributed by atoms with E-state index in [0.717, 1.165) is 50.8 Å². The maximum atomic E-state index is 13.5. The first-order valence-electron chi connectivity index (χ1n) is 7.94. The summed E-state index contributed by atoms with van der Waals surface area (Å²) in [5.74, 6) is -0.222. The predicted octanol–water partition coefficient (Wildman–Crippen LogP) is 3.18. The summed E-state index contributed by atoms with van der Waals surface area (Å²) >= 11 is 0. The maximum Gasteiger partial charge on any atom is 0.230 e. The number of nitrogens with one attached hydrogen (secondary N) is 2. The number of hydrogen-bond acceptors (Lipinski definition) is 2. The van der Waals surface area contributed by atoms with Crippen LogP contribution in [0, 0.1) is 5.82 Å². The number of hydrogen-bond donors (Lipinski definition) is 2. The Morgan fingerprint density at radius 3 is 2.59 bits per heavy atom. The predicted molar refractivity (Wildman–Crippen MR) is 90.0 cm³/mol. The molecule has 1 amide bonds. The van der Waals surface area contributed by atoms with Gasteiger partial charge in [-0.15, -0.1) is 12.4 Å². The molecular weight excluding hydrogens is 303 g/mol. The van der Waals surface area contributed by atoms with Gasteiger partial charge in [0.1, 0.15) is 5.82 Å². The molecule has 0 spiro atoms. The molecular formula is C17H26ClFN2O. The van der Waals surface area contributed by atoms with E-state index >= 15 is 0 Å². The number of carbonyl (C=O) groups excluding carboxylic acids is 1. The van der Waals surface area contributed by atoms with Gasteiger partial charge in [0.2, 0.25) is 5.91 Å². The molecule has 0 radical (unpaired) electrons. The van der Waals surface area contributed by atoms with Crippen molar-refractivity contribution in [3.8, 4) is 0 Å². The Morgan fingerprint density at radius 2 is 1.95 bits per heavy atom. The van der Waals surface area contributed by atoms with Crippen molar-refractivity contribution >= 4 is 18.3 Å². The minimum Gasteiger partial charge on any atom is -0.354 e. The Bertz CT molecular complexity index is 475. The molecule has 0 unspecified atom stereocenters. The first-order chi connectivity index (χ1) is 10.2. The highest BCUT2D eigenvalue weighted by Crippen LogP contribution is 2.41. The standard InChI is InChI=1S/C17H25FN2O.ClH/c1-2-10-19-11-12-20-16(21)17(8-3-4-9-17)14-6-5-7-15(18)13-14;/h5-7,13,19H,2-4,8-12H2,1H3,(H,20,21);1H. The van der Waals surface area contributed by atoms with Gasteiger partial charge in [0.15, 0.2) is 0 Å². The quantitative estimate of drug-likeness (QED) is 0.755. The molecule has 0 atom stereocenters. The van der Waals surface area contributed by atoms with Crippen LogP contribution in [0.25, 0.3) is 0 Å². The zero-order valence-electron chi connectivity index (χ0n) is 13.2. The topological polar surface area (TPSA) is 41.1 Å². The Labute approximate surface area is 138 Å². The fourth-order valence-corrected chi connectivity index (χ4v) is 3.15. The van der Waals surface area contributed by atoms with Crippen molar-refractivity contribution in [3.63, 3.8) is 0 Å². The van der Waals surface area contributed by atoms with Gasteiger partial charge in [0.25, 0.3) is 0 Å². The highest BCUT2D eigenvalue weighted by atomic mass is 35.5. The second-order valence-electron chi connectivity index (χ2n) is 5.81. The summed E-state index contributed by atoms with van der Waals surface area (Å²) in [4.78, 5) is 12.7. The van der Waals surface area contributed by atoms with Crippen LogP contribution in [0.15, 0.2) is 24.3 Å². The van der Waals surface area contributed by atoms with E-state index < -0.39 is 5.41 Å². The van der Waals surface area contributed by atoms with Crippen molar-refractivity contribution in [2.24, 2.45) is 0 Å². The van der Waals surface area contributed by atoms with Crippen LogP contribution in [0.5, 0.6) is 0 Å². The molecule has 3 nitrogen and oxygen atoms in total. The number of amides is 1. The third kappa shape index (κ3) is 4.43. The number of rotatable bonds is 7. The number of halogens is 2. The van der Waals surface area contributed by atoms with Gasteiger partial charge >= 0.3 is 0 Å². The van der Waals surface area contributed by atoms with Crippen molar-refractivity contribution in [1.82, 2.24) is 10.6 Å². The van der Waals surface area contributed by atoms with Crippen LogP contribution in [0.1, 0.15) is 44.6 Å². The fraction of sp³-hybridized carbons (Fsp3) is 0.588. The third-order valence-corrected chi connectivity index (χ3v) is 4.28. The Kier molecular flexibility index (Phi) is 7.83. The van der Waals surface area contributed by atoms with Crippen molar-refractivity contribution in [1.29, 1.82) is 0 Å². The molecule has 0 aromatic heterocycles. The summed E-state index contributed by atoms with van der Waals surface area (Å²) in [5, 5.41) is 6.29. The summed E-state index contributed by atoms with van der Waals surface area (Å²) in [5.41, 5.74) is 0.284. The van der Waals surface area contributed by atoms with Gasteiger partial charge in [-0.05, 0) is 43.5 Å². The average Bonchev–Trinajstić information content (AvgIpc) is 2.98. The molecule has 1 aliphatic rings. The van der Waals surface area contributed by atoms with E-state index in [0.29, 0.717) is 6.54 Å². The first-order valence-corrected chi connectivity index (χ1v) is 7.94. The molecule has 1 aliphatic carbocycles. The molecule has 0 heterocycles. The largest absolute Gasteiger partial charge is 0.354 e. The summed E-state index contributed by atoms with van der Waals surface area (Å²) in [6.45, 7) is 4.47. The van der Waals surface area contributed by atoms with E-state index in [1.807, 2.05) is 6.07 Å². The normalized spacial score (nSPS) is 16.1. The summed E-state index contributed by atoms with van der Waals surface area (Å²) in [6.07, 6.45) is 4.76. The number of benzene rings is 1. The van der Waals surface area contributed by atoms with Gasteiger partial charge in [-0.3, -0.25) is 4.79 Å². The van der Waals surface area contributed by atoms with E-state index in [4.69, 9.17) is 0 Å². The van der Waals surface area contributed by atoms with E-state index in [-0.39, 0.29) is 24.1 Å². The molecule has 0 bridgehead atoms. The van der Waals surface area contributed by atoms with Gasteiger partial charge < -0.3 is 10.6 Å². The lowest BCUT2D eigenvalue weighted by Gasteiger charge is -2.28. The lowest BCUT2D eigenvalue weighted by Crippen LogP contribution is -2.44. The molecule has 124 valence electrons. The molecule has 2 rings (SSSR count). The fourth-order valence-electron chi connectivity index (χ4n) is 3.15. The van der Waals surface area contributed by atoms with E-state index in [2.05, 4.69) is 17.6 Å². The molecule has 1 aromatic carbocycles. The van der Waals surface area contributed by atoms with Gasteiger partial charge in [-0.2, -0.15) is 0 Å². The van der Waals surface area contributed by atoms with Gasteiger partial charge in [-0.25, -0.2) is 4.39 Å². The zero-order valence-corrected chi connectivity index (χ0v) is 14.0. The minimum atomic E-state index is -0.535. The number of carbonyl (C=O) groups is 1. The van der Waals surface area contributed by atoms with Crippen LogP contribution >= 0.6 is 12.4 Å². The Balaban J connectivity index is 0.00000242. The van der Waals surface area contributed by atoms with Gasteiger partial charge in [0.05, 0.1) is 5.41 Å². The van der Waals surface area contributed by atoms with Crippen molar-refractivity contribution in [2.45, 2.75) is 44.4 Å². The van der Waals surface area contributed by atoms with Crippen molar-refractivity contribution in [2.75, 3.05) is 19.6 Å². The summed E-state index contributed by atoms with van der Waals surface area (Å²) in [7, 11) is 0. The molecule has 1 fully saturated rings. The molecule has 1 saturated carbocycles. The van der Waals surface area contributed by atoms with Crippen LogP contribution < -0.4 is 10.6 Å². The van der Waals surface area contributed by atoms with E-state index in [1.54, 1.807) is 6.07 Å². The highest BCUT2D eigenvalue weighted by Gasteiger charge is 2.42. The SMILES string of the molecule is CCCNCCNC(=O)C1(c2cccc(F)c2)CCCC1.Cl. The second-order valence-corrected chi connectivity index (χ2v) is 5.81. The van der Waals surface area contributed by atoms with E-state index in [9.17, 15) is 9.18 Å². The monoisotopic (exact) mass is 328 g/mol. The molecule has 1 aromatic rings. The van der Waals surface area contributed by atoms with Crippen LogP contribution in [0.3, 0.4) is 0 Å². The summed E-state index contributed by atoms with van der Waals surface area (Å²) < 4.78 is 13.5. The molecule has 0 aliphatic heterocycles. The molecule has 0 saturated heterocycles. The highest BCUT2D eigenvalue weighted by molar-refractivity contribution is 5.88. The van der Waals surface area contributed by atoms with Crippen LogP contribution in [-0.2, 0) is 10.2 Å². The van der Waals surface area contributed by atoms with Gasteiger partial charge in [0, 0.05) is 13.1 Å². The second kappa shape index (κ2) is 9.11. The molecule has 22 heavy (non-hydrogen) atoms. The van der Waals surface area contributed by atoms with Crippen molar-refractivity contribution in [3.05, 3.63) is 35.6 Å². The molecule has 5 heteroatoms. The van der Waals surface area contributed by atoms with Gasteiger partial charge in [-0.1, -0.05) is 31.9 Å². The lowest BCUT2D eigenvalue weighted by atomic mass is 9.78.